The summed E-state index contributed by atoms with van der Waals surface area (Å²) in [6.07, 6.45) is 7.32. The fourth-order valence-corrected chi connectivity index (χ4v) is 5.74. The van der Waals surface area contributed by atoms with E-state index in [-0.39, 0.29) is 11.5 Å². The zero-order valence-corrected chi connectivity index (χ0v) is 18.7. The lowest BCUT2D eigenvalue weighted by Crippen LogP contribution is -2.62. The molecule has 1 amide bonds. The average Bonchev–Trinajstić information content (AvgIpc) is 2.66. The minimum Gasteiger partial charge on any atom is -0.444 e. The molecule has 3 nitrogen and oxygen atoms in total. The number of ether oxygens (including phenoxy) is 1. The Morgan fingerprint density at radius 2 is 1.75 bits per heavy atom. The molecule has 1 aromatic rings. The van der Waals surface area contributed by atoms with Crippen molar-refractivity contribution >= 4 is 6.09 Å². The molecule has 2 aliphatic carbocycles. The molecule has 0 spiro atoms. The molecule has 3 rings (SSSR count). The summed E-state index contributed by atoms with van der Waals surface area (Å²) in [6.45, 7) is 10.5. The number of hydrogen-bond donors (Lipinski definition) is 0. The van der Waals surface area contributed by atoms with Gasteiger partial charge in [-0.05, 0) is 88.0 Å². The van der Waals surface area contributed by atoms with Gasteiger partial charge in [-0.25, -0.2) is 4.79 Å². The molecule has 3 unspecified atom stereocenters. The van der Waals surface area contributed by atoms with Crippen LogP contribution in [0.1, 0.15) is 84.6 Å². The third-order valence-electron chi connectivity index (χ3n) is 7.61. The monoisotopic (exact) mass is 385 g/mol. The molecule has 2 fully saturated rings. The first-order valence-electron chi connectivity index (χ1n) is 11.2. The molecular weight excluding hydrogens is 346 g/mol. The second-order valence-corrected chi connectivity index (χ2v) is 10.3. The maximum Gasteiger partial charge on any atom is 0.410 e. The highest BCUT2D eigenvalue weighted by atomic mass is 16.6. The topological polar surface area (TPSA) is 29.5 Å². The van der Waals surface area contributed by atoms with E-state index in [2.05, 4.69) is 44.2 Å². The van der Waals surface area contributed by atoms with Crippen molar-refractivity contribution in [2.45, 2.75) is 90.7 Å². The van der Waals surface area contributed by atoms with Crippen molar-refractivity contribution in [3.05, 3.63) is 35.9 Å². The molecule has 0 heterocycles. The number of nitrogens with zero attached hydrogens (tertiary/aromatic N) is 1. The number of hydrogen-bond acceptors (Lipinski definition) is 2. The van der Waals surface area contributed by atoms with Crippen molar-refractivity contribution in [1.29, 1.82) is 0 Å². The second kappa shape index (κ2) is 8.08. The number of benzene rings is 1. The molecule has 0 saturated heterocycles. The molecular formula is C25H39NO2. The van der Waals surface area contributed by atoms with Crippen LogP contribution in [0.15, 0.2) is 30.3 Å². The largest absolute Gasteiger partial charge is 0.444 e. The first-order chi connectivity index (χ1) is 13.2. The third kappa shape index (κ3) is 4.23. The van der Waals surface area contributed by atoms with Gasteiger partial charge in [-0.15, -0.1) is 0 Å². The van der Waals surface area contributed by atoms with Crippen LogP contribution in [-0.2, 0) is 4.74 Å². The van der Waals surface area contributed by atoms with Crippen LogP contribution >= 0.6 is 0 Å². The van der Waals surface area contributed by atoms with Gasteiger partial charge in [-0.3, -0.25) is 0 Å². The van der Waals surface area contributed by atoms with Crippen LogP contribution in [-0.4, -0.2) is 29.7 Å². The highest BCUT2D eigenvalue weighted by Crippen LogP contribution is 2.58. The van der Waals surface area contributed by atoms with Gasteiger partial charge in [0.15, 0.2) is 0 Å². The molecule has 2 aliphatic rings. The van der Waals surface area contributed by atoms with Gasteiger partial charge in [0.2, 0.25) is 0 Å². The van der Waals surface area contributed by atoms with Gasteiger partial charge in [0.1, 0.15) is 5.60 Å². The minimum atomic E-state index is -0.438. The minimum absolute atomic E-state index is 0.177. The Balaban J connectivity index is 1.60. The highest BCUT2D eigenvalue weighted by molar-refractivity contribution is 5.68. The van der Waals surface area contributed by atoms with E-state index in [4.69, 9.17) is 4.74 Å². The van der Waals surface area contributed by atoms with E-state index >= 15 is 0 Å². The van der Waals surface area contributed by atoms with Crippen LogP contribution in [0.3, 0.4) is 0 Å². The Morgan fingerprint density at radius 3 is 2.29 bits per heavy atom. The van der Waals surface area contributed by atoms with Crippen LogP contribution in [0.4, 0.5) is 4.79 Å². The maximum atomic E-state index is 12.6. The van der Waals surface area contributed by atoms with Crippen LogP contribution in [0.2, 0.25) is 0 Å². The lowest BCUT2D eigenvalue weighted by Gasteiger charge is -2.60. The number of amides is 1. The average molecular weight is 386 g/mol. The van der Waals surface area contributed by atoms with E-state index in [0.717, 1.165) is 30.6 Å². The summed E-state index contributed by atoms with van der Waals surface area (Å²) < 4.78 is 5.62. The van der Waals surface area contributed by atoms with Gasteiger partial charge < -0.3 is 9.64 Å². The van der Waals surface area contributed by atoms with Gasteiger partial charge in [0, 0.05) is 13.1 Å². The molecule has 0 N–H and O–H groups in total. The normalized spacial score (nSPS) is 33.1. The molecule has 0 aliphatic heterocycles. The molecule has 1 aromatic carbocycles. The van der Waals surface area contributed by atoms with Crippen LogP contribution < -0.4 is 0 Å². The first-order valence-corrected chi connectivity index (χ1v) is 11.2. The lowest BCUT2D eigenvalue weighted by atomic mass is 9.50. The maximum absolute atomic E-state index is 12.6. The Kier molecular flexibility index (Phi) is 6.12. The molecule has 2 saturated carbocycles. The van der Waals surface area contributed by atoms with Crippen molar-refractivity contribution in [3.63, 3.8) is 0 Å². The molecule has 28 heavy (non-hydrogen) atoms. The summed E-state index contributed by atoms with van der Waals surface area (Å²) in [6, 6.07) is 11.3. The number of rotatable bonds is 4. The zero-order chi connectivity index (χ0) is 20.5. The first kappa shape index (κ1) is 21.2. The Morgan fingerprint density at radius 1 is 1.14 bits per heavy atom. The van der Waals surface area contributed by atoms with E-state index in [9.17, 15) is 4.79 Å². The van der Waals surface area contributed by atoms with Crippen molar-refractivity contribution in [1.82, 2.24) is 4.90 Å². The summed E-state index contributed by atoms with van der Waals surface area (Å²) in [4.78, 5) is 14.5. The van der Waals surface area contributed by atoms with Gasteiger partial charge in [-0.1, -0.05) is 44.2 Å². The van der Waals surface area contributed by atoms with Gasteiger partial charge in [-0.2, -0.15) is 0 Å². The number of carbonyl (C=O) groups is 1. The van der Waals surface area contributed by atoms with Crippen molar-refractivity contribution in [2.24, 2.45) is 17.3 Å². The highest BCUT2D eigenvalue weighted by Gasteiger charge is 2.56. The van der Waals surface area contributed by atoms with E-state index in [1.807, 2.05) is 32.7 Å². The van der Waals surface area contributed by atoms with E-state index in [1.54, 1.807) is 0 Å². The molecule has 0 radical (unpaired) electrons. The molecule has 0 bridgehead atoms. The summed E-state index contributed by atoms with van der Waals surface area (Å²) in [5.74, 6) is 2.25. The summed E-state index contributed by atoms with van der Waals surface area (Å²) in [5, 5.41) is 0. The predicted octanol–water partition coefficient (Wildman–Crippen LogP) is 6.63. The Bertz CT molecular complexity index is 657. The predicted molar refractivity (Wildman–Crippen MR) is 115 cm³/mol. The summed E-state index contributed by atoms with van der Waals surface area (Å²) in [5.41, 5.74) is 1.28. The third-order valence-corrected chi connectivity index (χ3v) is 7.61. The van der Waals surface area contributed by atoms with Crippen molar-refractivity contribution < 1.29 is 9.53 Å². The van der Waals surface area contributed by atoms with Gasteiger partial charge in [0.25, 0.3) is 0 Å². The quantitative estimate of drug-likeness (QED) is 0.582. The molecule has 3 atom stereocenters. The second-order valence-electron chi connectivity index (χ2n) is 10.3. The summed E-state index contributed by atoms with van der Waals surface area (Å²) >= 11 is 0. The number of carbonyl (C=O) groups excluding carboxylic acids is 1. The smallest absolute Gasteiger partial charge is 0.410 e. The molecule has 3 heteroatoms. The van der Waals surface area contributed by atoms with Crippen LogP contribution in [0, 0.1) is 17.3 Å². The van der Waals surface area contributed by atoms with Gasteiger partial charge in [0.05, 0.1) is 0 Å². The van der Waals surface area contributed by atoms with Gasteiger partial charge >= 0.3 is 6.09 Å². The van der Waals surface area contributed by atoms with E-state index < -0.39 is 5.60 Å². The Hall–Kier alpha value is -1.51. The standard InChI is InChI=1S/C25H39NO2/c1-7-25(5)21(17-22(25)26(6)23(27)28-24(2,3)4)20-15-13-19(14-16-20)18-11-9-8-10-12-18/h8-12,19-22H,7,13-17H2,1-6H3. The molecule has 0 aromatic heterocycles. The lowest BCUT2D eigenvalue weighted by molar-refractivity contribution is -0.103. The summed E-state index contributed by atoms with van der Waals surface area (Å²) in [7, 11) is 1.93. The fraction of sp³-hybridized carbons (Fsp3) is 0.720. The SMILES string of the molecule is CCC1(C)C(C2CCC(c3ccccc3)CC2)CC1N(C)C(=O)OC(C)(C)C. The van der Waals surface area contributed by atoms with Crippen LogP contribution in [0.25, 0.3) is 0 Å². The zero-order valence-electron chi connectivity index (χ0n) is 18.7. The van der Waals surface area contributed by atoms with Crippen molar-refractivity contribution in [3.8, 4) is 0 Å². The Labute approximate surface area is 171 Å². The molecule has 156 valence electrons. The van der Waals surface area contributed by atoms with Crippen LogP contribution in [0.5, 0.6) is 0 Å². The fourth-order valence-electron chi connectivity index (χ4n) is 5.74. The van der Waals surface area contributed by atoms with E-state index in [0.29, 0.717) is 6.04 Å². The van der Waals surface area contributed by atoms with Crippen molar-refractivity contribution in [2.75, 3.05) is 7.05 Å². The van der Waals surface area contributed by atoms with E-state index in [1.165, 1.54) is 31.2 Å².